The molecule has 1 aromatic carbocycles. The van der Waals surface area contributed by atoms with Crippen LogP contribution in [-0.2, 0) is 6.54 Å². The lowest BCUT2D eigenvalue weighted by atomic mass is 10.2. The molecule has 0 spiro atoms. The molecule has 2 rings (SSSR count). The Hall–Kier alpha value is -1.02. The first-order valence-electron chi connectivity index (χ1n) is 9.06. The minimum atomic E-state index is 0. The highest BCUT2D eigenvalue weighted by atomic mass is 127. The molecule has 1 fully saturated rings. The van der Waals surface area contributed by atoms with Crippen molar-refractivity contribution in [2.24, 2.45) is 10.9 Å². The van der Waals surface area contributed by atoms with Gasteiger partial charge >= 0.3 is 0 Å². The molecular formula is C19H33IN4O. The summed E-state index contributed by atoms with van der Waals surface area (Å²) in [5.41, 5.74) is 1.14. The number of hydrogen-bond acceptors (Lipinski definition) is 3. The fourth-order valence-corrected chi connectivity index (χ4v) is 2.38. The van der Waals surface area contributed by atoms with Gasteiger partial charge in [-0.05, 0) is 58.8 Å². The molecule has 2 N–H and O–H groups in total. The van der Waals surface area contributed by atoms with E-state index >= 15 is 0 Å². The number of aliphatic imine (C=N–C) groups is 1. The third-order valence-electron chi connectivity index (χ3n) is 3.97. The molecule has 5 nitrogen and oxygen atoms in total. The summed E-state index contributed by atoms with van der Waals surface area (Å²) in [6, 6.07) is 8.22. The van der Waals surface area contributed by atoms with Crippen molar-refractivity contribution >= 4 is 29.9 Å². The van der Waals surface area contributed by atoms with E-state index in [2.05, 4.69) is 42.6 Å². The largest absolute Gasteiger partial charge is 0.493 e. The van der Waals surface area contributed by atoms with E-state index < -0.39 is 0 Å². The van der Waals surface area contributed by atoms with Crippen molar-refractivity contribution in [1.29, 1.82) is 0 Å². The third-order valence-corrected chi connectivity index (χ3v) is 3.97. The molecule has 0 aromatic heterocycles. The zero-order valence-electron chi connectivity index (χ0n) is 15.8. The van der Waals surface area contributed by atoms with Gasteiger partial charge < -0.3 is 20.3 Å². The highest BCUT2D eigenvalue weighted by Crippen LogP contribution is 2.30. The maximum absolute atomic E-state index is 5.96. The normalized spacial score (nSPS) is 14.2. The van der Waals surface area contributed by atoms with Crippen LogP contribution in [0.3, 0.4) is 0 Å². The summed E-state index contributed by atoms with van der Waals surface area (Å²) < 4.78 is 5.96. The maximum Gasteiger partial charge on any atom is 0.191 e. The van der Waals surface area contributed by atoms with E-state index in [1.807, 2.05) is 18.2 Å². The minimum Gasteiger partial charge on any atom is -0.493 e. The fourth-order valence-electron chi connectivity index (χ4n) is 2.38. The summed E-state index contributed by atoms with van der Waals surface area (Å²) in [7, 11) is 4.19. The third kappa shape index (κ3) is 9.30. The van der Waals surface area contributed by atoms with E-state index in [1.165, 1.54) is 12.8 Å². The van der Waals surface area contributed by atoms with Crippen LogP contribution in [-0.4, -0.2) is 51.2 Å². The van der Waals surface area contributed by atoms with E-state index in [0.717, 1.165) is 55.9 Å². The Labute approximate surface area is 169 Å². The second-order valence-corrected chi connectivity index (χ2v) is 6.64. The van der Waals surface area contributed by atoms with E-state index in [4.69, 9.17) is 9.73 Å². The summed E-state index contributed by atoms with van der Waals surface area (Å²) in [6.45, 7) is 6.41. The first-order valence-corrected chi connectivity index (χ1v) is 9.06. The second kappa shape index (κ2) is 12.4. The van der Waals surface area contributed by atoms with Crippen LogP contribution in [0.1, 0.15) is 31.7 Å². The fraction of sp³-hybridized carbons (Fsp3) is 0.632. The topological polar surface area (TPSA) is 48.9 Å². The lowest BCUT2D eigenvalue weighted by Gasteiger charge is -2.14. The molecule has 6 heteroatoms. The van der Waals surface area contributed by atoms with Crippen LogP contribution < -0.4 is 15.4 Å². The van der Waals surface area contributed by atoms with Crippen molar-refractivity contribution in [1.82, 2.24) is 15.5 Å². The van der Waals surface area contributed by atoms with Crippen molar-refractivity contribution in [3.8, 4) is 5.75 Å². The number of hydrogen-bond donors (Lipinski definition) is 2. The number of guanidine groups is 1. The van der Waals surface area contributed by atoms with Crippen LogP contribution >= 0.6 is 24.0 Å². The first-order chi connectivity index (χ1) is 11.7. The molecule has 0 radical (unpaired) electrons. The summed E-state index contributed by atoms with van der Waals surface area (Å²) in [5.74, 6) is 2.60. The van der Waals surface area contributed by atoms with Crippen molar-refractivity contribution in [2.45, 2.75) is 32.7 Å². The number of nitrogens with zero attached hydrogens (tertiary/aromatic N) is 2. The quantitative estimate of drug-likeness (QED) is 0.244. The Morgan fingerprint density at radius 3 is 2.68 bits per heavy atom. The summed E-state index contributed by atoms with van der Waals surface area (Å²) >= 11 is 0. The summed E-state index contributed by atoms with van der Waals surface area (Å²) in [5, 5.41) is 6.70. The van der Waals surface area contributed by atoms with Gasteiger partial charge in [0.05, 0.1) is 13.2 Å². The molecule has 0 amide bonds. The molecule has 0 unspecified atom stereocenters. The Morgan fingerprint density at radius 1 is 1.24 bits per heavy atom. The highest BCUT2D eigenvalue weighted by molar-refractivity contribution is 14.0. The lowest BCUT2D eigenvalue weighted by molar-refractivity contribution is 0.297. The van der Waals surface area contributed by atoms with Crippen LogP contribution in [0.2, 0.25) is 0 Å². The number of ether oxygens (including phenoxy) is 1. The van der Waals surface area contributed by atoms with Crippen molar-refractivity contribution in [2.75, 3.05) is 40.3 Å². The highest BCUT2D eigenvalue weighted by Gasteiger charge is 2.22. The molecule has 0 atom stereocenters. The minimum absolute atomic E-state index is 0. The van der Waals surface area contributed by atoms with Gasteiger partial charge in [-0.25, -0.2) is 4.99 Å². The monoisotopic (exact) mass is 460 g/mol. The zero-order valence-corrected chi connectivity index (χ0v) is 18.1. The van der Waals surface area contributed by atoms with Gasteiger partial charge in [0.2, 0.25) is 0 Å². The van der Waals surface area contributed by atoms with Crippen LogP contribution in [0.5, 0.6) is 5.75 Å². The predicted octanol–water partition coefficient (Wildman–Crippen LogP) is 3.10. The molecule has 0 saturated heterocycles. The van der Waals surface area contributed by atoms with E-state index in [0.29, 0.717) is 6.54 Å². The molecule has 25 heavy (non-hydrogen) atoms. The van der Waals surface area contributed by atoms with Gasteiger partial charge in [0.15, 0.2) is 5.96 Å². The molecule has 0 heterocycles. The average Bonchev–Trinajstić information content (AvgIpc) is 3.39. The standard InChI is InChI=1S/C19H32N4O.HI/c1-4-20-19(21-12-7-13-23(2)3)22-14-17-8-5-6-9-18(17)24-15-16-10-11-16;/h5-6,8-9,16H,4,7,10-15H2,1-3H3,(H2,20,21,22);1H. The van der Waals surface area contributed by atoms with Gasteiger partial charge in [0, 0.05) is 18.7 Å². The molecule has 142 valence electrons. The summed E-state index contributed by atoms with van der Waals surface area (Å²) in [6.07, 6.45) is 3.71. The maximum atomic E-state index is 5.96. The Kier molecular flexibility index (Phi) is 10.9. The second-order valence-electron chi connectivity index (χ2n) is 6.64. The number of halogens is 1. The van der Waals surface area contributed by atoms with Crippen molar-refractivity contribution in [3.05, 3.63) is 29.8 Å². The van der Waals surface area contributed by atoms with Crippen LogP contribution in [0.25, 0.3) is 0 Å². The zero-order chi connectivity index (χ0) is 17.2. The molecular weight excluding hydrogens is 427 g/mol. The van der Waals surface area contributed by atoms with E-state index in [9.17, 15) is 0 Å². The van der Waals surface area contributed by atoms with Gasteiger partial charge in [-0.1, -0.05) is 18.2 Å². The Bertz CT molecular complexity index is 518. The molecule has 1 aromatic rings. The number of benzene rings is 1. The van der Waals surface area contributed by atoms with Gasteiger partial charge in [0.1, 0.15) is 5.75 Å². The van der Waals surface area contributed by atoms with Gasteiger partial charge in [-0.3, -0.25) is 0 Å². The van der Waals surface area contributed by atoms with E-state index in [1.54, 1.807) is 0 Å². The SMILES string of the molecule is CCNC(=NCc1ccccc1OCC1CC1)NCCCN(C)C.I. The Balaban J connectivity index is 0.00000312. The van der Waals surface area contributed by atoms with Gasteiger partial charge in [0.25, 0.3) is 0 Å². The molecule has 0 aliphatic heterocycles. The predicted molar refractivity (Wildman–Crippen MR) is 116 cm³/mol. The van der Waals surface area contributed by atoms with Gasteiger partial charge in [-0.2, -0.15) is 0 Å². The molecule has 1 aliphatic rings. The Morgan fingerprint density at radius 2 is 2.00 bits per heavy atom. The number of para-hydroxylation sites is 1. The first kappa shape index (κ1) is 22.0. The molecule has 0 bridgehead atoms. The van der Waals surface area contributed by atoms with Crippen LogP contribution in [0.4, 0.5) is 0 Å². The summed E-state index contributed by atoms with van der Waals surface area (Å²) in [4.78, 5) is 6.90. The number of rotatable bonds is 10. The van der Waals surface area contributed by atoms with E-state index in [-0.39, 0.29) is 24.0 Å². The molecule has 1 saturated carbocycles. The average molecular weight is 460 g/mol. The lowest BCUT2D eigenvalue weighted by Crippen LogP contribution is -2.38. The van der Waals surface area contributed by atoms with Crippen LogP contribution in [0, 0.1) is 5.92 Å². The number of nitrogens with one attached hydrogen (secondary N) is 2. The van der Waals surface area contributed by atoms with Crippen LogP contribution in [0.15, 0.2) is 29.3 Å². The van der Waals surface area contributed by atoms with Gasteiger partial charge in [-0.15, -0.1) is 24.0 Å². The van der Waals surface area contributed by atoms with Crippen molar-refractivity contribution < 1.29 is 4.74 Å². The molecule has 1 aliphatic carbocycles. The smallest absolute Gasteiger partial charge is 0.191 e. The van der Waals surface area contributed by atoms with Crippen molar-refractivity contribution in [3.63, 3.8) is 0 Å².